The molecule has 1 heterocycles. The molecular weight excluding hydrogens is 289 g/mol. The van der Waals surface area contributed by atoms with Gasteiger partial charge in [-0.25, -0.2) is 13.8 Å². The smallest absolute Gasteiger partial charge is 0.240 e. The van der Waals surface area contributed by atoms with E-state index in [1.54, 1.807) is 0 Å². The van der Waals surface area contributed by atoms with Crippen LogP contribution >= 0.6 is 27.5 Å². The average molecular weight is 296 g/mol. The van der Waals surface area contributed by atoms with Crippen LogP contribution in [-0.4, -0.2) is 4.98 Å². The second kappa shape index (κ2) is 5.38. The van der Waals surface area contributed by atoms with Crippen LogP contribution in [0.5, 0.6) is 0 Å². The van der Waals surface area contributed by atoms with Crippen LogP contribution in [0.2, 0.25) is 5.15 Å². The molecule has 6 heteroatoms. The zero-order valence-electron chi connectivity index (χ0n) is 7.48. The first kappa shape index (κ1) is 12.3. The van der Waals surface area contributed by atoms with Gasteiger partial charge in [-0.3, -0.25) is 0 Å². The summed E-state index contributed by atoms with van der Waals surface area (Å²) in [6.07, 6.45) is -2.64. The number of hydrogen-bond acceptors (Lipinski definition) is 2. The standard InChI is InChI=1S/C9H6BrClF2N2/c10-4-6-5(9(12)13)3-8(11)15-7(6)1-2-14/h3,9H,1,4H2. The van der Waals surface area contributed by atoms with E-state index in [1.807, 2.05) is 6.07 Å². The molecule has 1 aromatic rings. The molecule has 0 amide bonds. The highest BCUT2D eigenvalue weighted by Gasteiger charge is 2.17. The fraction of sp³-hybridized carbons (Fsp3) is 0.333. The number of halogens is 4. The number of nitrogens with zero attached hydrogens (tertiary/aromatic N) is 2. The summed E-state index contributed by atoms with van der Waals surface area (Å²) in [5.41, 5.74) is 0.477. The van der Waals surface area contributed by atoms with E-state index in [0.29, 0.717) is 11.3 Å². The van der Waals surface area contributed by atoms with E-state index < -0.39 is 6.43 Å². The number of rotatable bonds is 3. The summed E-state index contributed by atoms with van der Waals surface area (Å²) < 4.78 is 25.2. The lowest BCUT2D eigenvalue weighted by Crippen LogP contribution is -2.02. The molecule has 0 fully saturated rings. The Bertz CT molecular complexity index is 404. The van der Waals surface area contributed by atoms with Crippen LogP contribution in [0, 0.1) is 11.3 Å². The Morgan fingerprint density at radius 3 is 2.73 bits per heavy atom. The second-order valence-electron chi connectivity index (χ2n) is 2.73. The van der Waals surface area contributed by atoms with Crippen LogP contribution in [-0.2, 0) is 11.8 Å². The summed E-state index contributed by atoms with van der Waals surface area (Å²) in [5, 5.41) is 8.74. The van der Waals surface area contributed by atoms with Gasteiger partial charge in [0.15, 0.2) is 0 Å². The molecule has 0 aliphatic rings. The normalized spacial score (nSPS) is 10.4. The molecule has 0 unspecified atom stereocenters. The van der Waals surface area contributed by atoms with E-state index in [0.717, 1.165) is 6.07 Å². The Hall–Kier alpha value is -0.730. The maximum absolute atomic E-state index is 12.6. The van der Waals surface area contributed by atoms with Crippen molar-refractivity contribution in [3.8, 4) is 6.07 Å². The van der Waals surface area contributed by atoms with Gasteiger partial charge < -0.3 is 0 Å². The lowest BCUT2D eigenvalue weighted by atomic mass is 10.1. The molecule has 0 atom stereocenters. The van der Waals surface area contributed by atoms with Crippen LogP contribution in [0.3, 0.4) is 0 Å². The Kier molecular flexibility index (Phi) is 4.43. The summed E-state index contributed by atoms with van der Waals surface area (Å²) in [4.78, 5) is 3.86. The molecule has 0 saturated heterocycles. The molecule has 0 radical (unpaired) electrons. The van der Waals surface area contributed by atoms with Crippen molar-refractivity contribution in [3.63, 3.8) is 0 Å². The number of alkyl halides is 3. The summed E-state index contributed by atoms with van der Waals surface area (Å²) in [6.45, 7) is 0. The van der Waals surface area contributed by atoms with Crippen LogP contribution in [0.1, 0.15) is 23.2 Å². The topological polar surface area (TPSA) is 36.7 Å². The van der Waals surface area contributed by atoms with E-state index in [1.165, 1.54) is 0 Å². The van der Waals surface area contributed by atoms with Gasteiger partial charge in [-0.2, -0.15) is 5.26 Å². The predicted molar refractivity (Wildman–Crippen MR) is 56.2 cm³/mol. The summed E-state index contributed by atoms with van der Waals surface area (Å²) in [7, 11) is 0. The number of pyridine rings is 1. The fourth-order valence-electron chi connectivity index (χ4n) is 1.18. The minimum absolute atomic E-state index is 0.0137. The van der Waals surface area contributed by atoms with Crippen LogP contribution in [0.15, 0.2) is 6.07 Å². The van der Waals surface area contributed by atoms with E-state index in [2.05, 4.69) is 20.9 Å². The predicted octanol–water partition coefficient (Wildman–Crippen LogP) is 3.63. The number of aromatic nitrogens is 1. The van der Waals surface area contributed by atoms with E-state index in [-0.39, 0.29) is 22.5 Å². The molecular formula is C9H6BrClF2N2. The van der Waals surface area contributed by atoms with Crippen molar-refractivity contribution < 1.29 is 8.78 Å². The molecule has 0 aromatic carbocycles. The first-order valence-corrected chi connectivity index (χ1v) is 5.49. The summed E-state index contributed by atoms with van der Waals surface area (Å²) >= 11 is 8.69. The van der Waals surface area contributed by atoms with E-state index in [4.69, 9.17) is 16.9 Å². The minimum Gasteiger partial charge on any atom is -0.240 e. The van der Waals surface area contributed by atoms with Gasteiger partial charge in [0.05, 0.1) is 18.2 Å². The van der Waals surface area contributed by atoms with Crippen LogP contribution in [0.25, 0.3) is 0 Å². The molecule has 0 saturated carbocycles. The van der Waals surface area contributed by atoms with Gasteiger partial charge >= 0.3 is 0 Å². The SMILES string of the molecule is N#CCc1nc(Cl)cc(C(F)F)c1CBr. The third-order valence-corrected chi connectivity index (χ3v) is 2.58. The fourth-order valence-corrected chi connectivity index (χ4v) is 2.05. The monoisotopic (exact) mass is 294 g/mol. The highest BCUT2D eigenvalue weighted by molar-refractivity contribution is 9.08. The van der Waals surface area contributed by atoms with Crippen molar-refractivity contribution in [2.24, 2.45) is 0 Å². The molecule has 0 aliphatic carbocycles. The third kappa shape index (κ3) is 2.86. The quantitative estimate of drug-likeness (QED) is 0.630. The lowest BCUT2D eigenvalue weighted by Gasteiger charge is -2.10. The van der Waals surface area contributed by atoms with E-state index >= 15 is 0 Å². The summed E-state index contributed by atoms with van der Waals surface area (Å²) in [5.74, 6) is 0. The lowest BCUT2D eigenvalue weighted by molar-refractivity contribution is 0.150. The molecule has 0 aliphatic heterocycles. The van der Waals surface area contributed by atoms with Gasteiger partial charge in [0, 0.05) is 10.9 Å². The van der Waals surface area contributed by atoms with Crippen molar-refractivity contribution in [1.29, 1.82) is 5.26 Å². The molecule has 1 rings (SSSR count). The van der Waals surface area contributed by atoms with Crippen molar-refractivity contribution in [3.05, 3.63) is 28.0 Å². The highest BCUT2D eigenvalue weighted by atomic mass is 79.9. The van der Waals surface area contributed by atoms with E-state index in [9.17, 15) is 8.78 Å². The second-order valence-corrected chi connectivity index (χ2v) is 3.68. The number of nitriles is 1. The summed E-state index contributed by atoms with van der Waals surface area (Å²) in [6, 6.07) is 2.99. The first-order valence-electron chi connectivity index (χ1n) is 3.99. The van der Waals surface area contributed by atoms with Crippen molar-refractivity contribution in [2.75, 3.05) is 0 Å². The largest absolute Gasteiger partial charge is 0.264 e. The molecule has 15 heavy (non-hydrogen) atoms. The molecule has 0 bridgehead atoms. The van der Waals surface area contributed by atoms with Gasteiger partial charge in [0.2, 0.25) is 0 Å². The average Bonchev–Trinajstić information content (AvgIpc) is 2.17. The van der Waals surface area contributed by atoms with Crippen molar-refractivity contribution in [2.45, 2.75) is 18.2 Å². The first-order chi connectivity index (χ1) is 7.10. The molecule has 80 valence electrons. The van der Waals surface area contributed by atoms with Gasteiger partial charge in [0.25, 0.3) is 6.43 Å². The van der Waals surface area contributed by atoms with Gasteiger partial charge in [-0.05, 0) is 11.6 Å². The van der Waals surface area contributed by atoms with Crippen molar-refractivity contribution >= 4 is 27.5 Å². The molecule has 2 nitrogen and oxygen atoms in total. The molecule has 0 spiro atoms. The zero-order valence-corrected chi connectivity index (χ0v) is 9.82. The Morgan fingerprint density at radius 2 is 2.27 bits per heavy atom. The maximum Gasteiger partial charge on any atom is 0.264 e. The van der Waals surface area contributed by atoms with Gasteiger partial charge in [-0.15, -0.1) is 0 Å². The zero-order chi connectivity index (χ0) is 11.4. The Labute approximate surface area is 99.0 Å². The Morgan fingerprint density at radius 1 is 1.60 bits per heavy atom. The van der Waals surface area contributed by atoms with Gasteiger partial charge in [0.1, 0.15) is 5.15 Å². The maximum atomic E-state index is 12.6. The van der Waals surface area contributed by atoms with Crippen molar-refractivity contribution in [1.82, 2.24) is 4.98 Å². The minimum atomic E-state index is -2.62. The van der Waals surface area contributed by atoms with Crippen LogP contribution in [0.4, 0.5) is 8.78 Å². The third-order valence-electron chi connectivity index (χ3n) is 1.83. The Balaban J connectivity index is 3.33. The highest BCUT2D eigenvalue weighted by Crippen LogP contribution is 2.29. The number of hydrogen-bond donors (Lipinski definition) is 0. The molecule has 1 aromatic heterocycles. The van der Waals surface area contributed by atoms with Gasteiger partial charge in [-0.1, -0.05) is 27.5 Å². The molecule has 0 N–H and O–H groups in total. The van der Waals surface area contributed by atoms with Crippen LogP contribution < -0.4 is 0 Å².